The SMILES string of the molecule is CC(C)(C)CCCc1nc2ccc(OC/C(=C/F)CN)cc2o1. The number of aryl methyl sites for hydroxylation is 1. The topological polar surface area (TPSA) is 61.3 Å². The number of oxazole rings is 1. The quantitative estimate of drug-likeness (QED) is 0.822. The van der Waals surface area contributed by atoms with Crippen molar-refractivity contribution in [2.24, 2.45) is 11.1 Å². The van der Waals surface area contributed by atoms with Crippen LogP contribution in [0, 0.1) is 5.41 Å². The van der Waals surface area contributed by atoms with Crippen molar-refractivity contribution in [3.05, 3.63) is 36.0 Å². The Bertz CT molecular complexity index is 671. The van der Waals surface area contributed by atoms with Gasteiger partial charge in [-0.15, -0.1) is 0 Å². The van der Waals surface area contributed by atoms with Crippen LogP contribution in [-0.2, 0) is 6.42 Å². The van der Waals surface area contributed by atoms with Gasteiger partial charge in [0.15, 0.2) is 11.5 Å². The average molecular weight is 320 g/mol. The van der Waals surface area contributed by atoms with Crippen LogP contribution < -0.4 is 10.5 Å². The van der Waals surface area contributed by atoms with Crippen LogP contribution in [0.3, 0.4) is 0 Å². The Labute approximate surface area is 136 Å². The van der Waals surface area contributed by atoms with Crippen LogP contribution in [0.15, 0.2) is 34.5 Å². The van der Waals surface area contributed by atoms with Crippen molar-refractivity contribution in [1.82, 2.24) is 4.98 Å². The van der Waals surface area contributed by atoms with Crippen molar-refractivity contribution in [3.8, 4) is 5.75 Å². The van der Waals surface area contributed by atoms with Gasteiger partial charge in [0.25, 0.3) is 0 Å². The molecular formula is C18H25FN2O2. The minimum absolute atomic E-state index is 0.130. The van der Waals surface area contributed by atoms with Crippen LogP contribution >= 0.6 is 0 Å². The number of nitrogens with zero attached hydrogens (tertiary/aromatic N) is 1. The summed E-state index contributed by atoms with van der Waals surface area (Å²) in [5.74, 6) is 1.36. The van der Waals surface area contributed by atoms with Crippen LogP contribution in [0.1, 0.15) is 39.5 Å². The average Bonchev–Trinajstić information content (AvgIpc) is 2.88. The Balaban J connectivity index is 2.00. The van der Waals surface area contributed by atoms with E-state index in [0.29, 0.717) is 28.7 Å². The number of benzene rings is 1. The second kappa shape index (κ2) is 7.59. The number of aromatic nitrogens is 1. The summed E-state index contributed by atoms with van der Waals surface area (Å²) >= 11 is 0. The van der Waals surface area contributed by atoms with E-state index in [1.165, 1.54) is 0 Å². The molecule has 0 atom stereocenters. The van der Waals surface area contributed by atoms with Gasteiger partial charge in [0.2, 0.25) is 0 Å². The summed E-state index contributed by atoms with van der Waals surface area (Å²) in [7, 11) is 0. The maximum absolute atomic E-state index is 12.5. The molecule has 23 heavy (non-hydrogen) atoms. The van der Waals surface area contributed by atoms with Crippen molar-refractivity contribution < 1.29 is 13.5 Å². The van der Waals surface area contributed by atoms with Crippen LogP contribution in [0.25, 0.3) is 11.1 Å². The molecule has 4 nitrogen and oxygen atoms in total. The smallest absolute Gasteiger partial charge is 0.195 e. The summed E-state index contributed by atoms with van der Waals surface area (Å²) in [5, 5.41) is 0. The largest absolute Gasteiger partial charge is 0.489 e. The van der Waals surface area contributed by atoms with Gasteiger partial charge in [0.05, 0.1) is 6.33 Å². The molecule has 2 N–H and O–H groups in total. The van der Waals surface area contributed by atoms with Crippen molar-refractivity contribution in [3.63, 3.8) is 0 Å². The highest BCUT2D eigenvalue weighted by atomic mass is 19.1. The lowest BCUT2D eigenvalue weighted by Crippen LogP contribution is -2.10. The molecule has 1 aromatic carbocycles. The number of halogens is 1. The molecule has 5 heteroatoms. The second-order valence-electron chi connectivity index (χ2n) is 6.91. The molecule has 0 bridgehead atoms. The van der Waals surface area contributed by atoms with E-state index in [0.717, 1.165) is 30.7 Å². The Kier molecular flexibility index (Phi) is 5.77. The predicted molar refractivity (Wildman–Crippen MR) is 90.1 cm³/mol. The summed E-state index contributed by atoms with van der Waals surface area (Å²) in [4.78, 5) is 4.49. The van der Waals surface area contributed by atoms with E-state index < -0.39 is 0 Å². The molecule has 0 aliphatic carbocycles. The van der Waals surface area contributed by atoms with Gasteiger partial charge >= 0.3 is 0 Å². The number of rotatable bonds is 7. The first-order valence-electron chi connectivity index (χ1n) is 7.92. The zero-order chi connectivity index (χ0) is 16.9. The Morgan fingerprint density at radius 2 is 2.17 bits per heavy atom. The van der Waals surface area contributed by atoms with Gasteiger partial charge in [-0.05, 0) is 30.4 Å². The van der Waals surface area contributed by atoms with E-state index >= 15 is 0 Å². The fraction of sp³-hybridized carbons (Fsp3) is 0.500. The summed E-state index contributed by atoms with van der Waals surface area (Å²) in [6, 6.07) is 5.43. The molecule has 0 unspecified atom stereocenters. The molecule has 0 spiro atoms. The highest BCUT2D eigenvalue weighted by molar-refractivity contribution is 5.74. The molecule has 0 aliphatic heterocycles. The number of fused-ring (bicyclic) bond motifs is 1. The lowest BCUT2D eigenvalue weighted by atomic mass is 9.90. The third-order valence-electron chi connectivity index (χ3n) is 3.56. The summed E-state index contributed by atoms with van der Waals surface area (Å²) < 4.78 is 23.8. The molecule has 0 saturated heterocycles. The molecule has 2 rings (SSSR count). The molecule has 0 aliphatic rings. The molecule has 0 radical (unpaired) electrons. The fourth-order valence-electron chi connectivity index (χ4n) is 2.23. The van der Waals surface area contributed by atoms with Gasteiger partial charge in [-0.3, -0.25) is 0 Å². The molecule has 0 amide bonds. The number of hydrogen-bond acceptors (Lipinski definition) is 4. The maximum atomic E-state index is 12.5. The van der Waals surface area contributed by atoms with Crippen LogP contribution in [0.2, 0.25) is 0 Å². The fourth-order valence-corrected chi connectivity index (χ4v) is 2.23. The summed E-state index contributed by atoms with van der Waals surface area (Å²) in [6.45, 7) is 6.95. The number of nitrogens with two attached hydrogens (primary N) is 1. The molecule has 0 fully saturated rings. The lowest BCUT2D eigenvalue weighted by molar-refractivity contribution is 0.347. The zero-order valence-electron chi connectivity index (χ0n) is 14.1. The normalized spacial score (nSPS) is 12.8. The van der Waals surface area contributed by atoms with E-state index in [9.17, 15) is 4.39 Å². The first kappa shape index (κ1) is 17.5. The first-order valence-corrected chi connectivity index (χ1v) is 7.92. The Morgan fingerprint density at radius 1 is 1.39 bits per heavy atom. The maximum Gasteiger partial charge on any atom is 0.195 e. The molecule has 1 aromatic heterocycles. The van der Waals surface area contributed by atoms with Crippen molar-refractivity contribution in [1.29, 1.82) is 0 Å². The van der Waals surface area contributed by atoms with Gasteiger partial charge in [0, 0.05) is 24.6 Å². The second-order valence-corrected chi connectivity index (χ2v) is 6.91. The predicted octanol–water partition coefficient (Wildman–Crippen LogP) is 4.39. The number of ether oxygens (including phenoxy) is 1. The van der Waals surface area contributed by atoms with Gasteiger partial charge in [0.1, 0.15) is 17.9 Å². The van der Waals surface area contributed by atoms with Crippen molar-refractivity contribution in [2.45, 2.75) is 40.0 Å². The zero-order valence-corrected chi connectivity index (χ0v) is 14.1. The van der Waals surface area contributed by atoms with Crippen molar-refractivity contribution >= 4 is 11.1 Å². The Hall–Kier alpha value is -1.88. The minimum atomic E-state index is 0.130. The van der Waals surface area contributed by atoms with E-state index in [2.05, 4.69) is 25.8 Å². The van der Waals surface area contributed by atoms with Gasteiger partial charge in [-0.2, -0.15) is 0 Å². The van der Waals surface area contributed by atoms with Gasteiger partial charge in [-0.25, -0.2) is 9.37 Å². The van der Waals surface area contributed by atoms with E-state index in [4.69, 9.17) is 14.9 Å². The Morgan fingerprint density at radius 3 is 2.83 bits per heavy atom. The van der Waals surface area contributed by atoms with Gasteiger partial charge < -0.3 is 14.9 Å². The summed E-state index contributed by atoms with van der Waals surface area (Å²) in [6.07, 6.45) is 3.47. The van der Waals surface area contributed by atoms with Crippen molar-refractivity contribution in [2.75, 3.05) is 13.2 Å². The van der Waals surface area contributed by atoms with Crippen LogP contribution in [0.4, 0.5) is 4.39 Å². The summed E-state index contributed by atoms with van der Waals surface area (Å²) in [5.41, 5.74) is 7.62. The first-order chi connectivity index (χ1) is 10.9. The third kappa shape index (κ3) is 5.36. The number of hydrogen-bond donors (Lipinski definition) is 1. The van der Waals surface area contributed by atoms with Crippen LogP contribution in [-0.4, -0.2) is 18.1 Å². The molecule has 2 aromatic rings. The molecule has 1 heterocycles. The monoisotopic (exact) mass is 320 g/mol. The van der Waals surface area contributed by atoms with E-state index in [-0.39, 0.29) is 13.2 Å². The molecular weight excluding hydrogens is 295 g/mol. The van der Waals surface area contributed by atoms with E-state index in [1.807, 2.05) is 6.07 Å². The highest BCUT2D eigenvalue weighted by Gasteiger charge is 2.12. The highest BCUT2D eigenvalue weighted by Crippen LogP contribution is 2.25. The lowest BCUT2D eigenvalue weighted by Gasteiger charge is -2.16. The van der Waals surface area contributed by atoms with Crippen LogP contribution in [0.5, 0.6) is 5.75 Å². The van der Waals surface area contributed by atoms with Gasteiger partial charge in [-0.1, -0.05) is 20.8 Å². The molecule has 0 saturated carbocycles. The standard InChI is InChI=1S/C18H25FN2O2/c1-18(2,3)8-4-5-17-21-15-7-6-14(9-16(15)23-17)22-12-13(10-19)11-20/h6-7,9-10H,4-5,8,11-12,20H2,1-3H3/b13-10+. The third-order valence-corrected chi connectivity index (χ3v) is 3.56. The van der Waals surface area contributed by atoms with E-state index in [1.54, 1.807) is 12.1 Å². The minimum Gasteiger partial charge on any atom is -0.489 e. The molecule has 126 valence electrons.